The number of rotatable bonds is 5. The summed E-state index contributed by atoms with van der Waals surface area (Å²) in [5.74, 6) is 0.331. The largest absolute Gasteiger partial charge is 0.497 e. The van der Waals surface area contributed by atoms with Crippen molar-refractivity contribution in [3.8, 4) is 17.0 Å². The number of aromatic nitrogens is 1. The highest BCUT2D eigenvalue weighted by Crippen LogP contribution is 2.30. The zero-order valence-electron chi connectivity index (χ0n) is 13.9. The van der Waals surface area contributed by atoms with Crippen LogP contribution in [-0.4, -0.2) is 18.0 Å². The maximum absolute atomic E-state index is 13.1. The summed E-state index contributed by atoms with van der Waals surface area (Å²) >= 11 is 1.40. The first kappa shape index (κ1) is 17.1. The molecule has 0 saturated heterocycles. The number of benzene rings is 2. The van der Waals surface area contributed by atoms with Crippen molar-refractivity contribution in [3.63, 3.8) is 0 Å². The standard InChI is InChI=1S/C19H17FN2O2S/c1-12-18(14-5-7-15(20)8-6-14)22-19(25-12)21-17(23)11-13-3-9-16(24-2)10-4-13/h3-10H,11H2,1-2H3,(H,21,22,23). The van der Waals surface area contributed by atoms with E-state index in [1.165, 1.54) is 23.5 Å². The molecule has 0 radical (unpaired) electrons. The molecule has 2 aromatic carbocycles. The van der Waals surface area contributed by atoms with Gasteiger partial charge in [0, 0.05) is 10.4 Å². The molecule has 0 fully saturated rings. The fraction of sp³-hybridized carbons (Fsp3) is 0.158. The van der Waals surface area contributed by atoms with E-state index in [1.807, 2.05) is 31.2 Å². The summed E-state index contributed by atoms with van der Waals surface area (Å²) in [6.45, 7) is 1.93. The van der Waals surface area contributed by atoms with Crippen LogP contribution in [0.15, 0.2) is 48.5 Å². The van der Waals surface area contributed by atoms with Crippen LogP contribution in [0.4, 0.5) is 9.52 Å². The van der Waals surface area contributed by atoms with Gasteiger partial charge >= 0.3 is 0 Å². The fourth-order valence-corrected chi connectivity index (χ4v) is 3.27. The van der Waals surface area contributed by atoms with Crippen LogP contribution >= 0.6 is 11.3 Å². The Morgan fingerprint density at radius 1 is 1.16 bits per heavy atom. The number of nitrogens with one attached hydrogen (secondary N) is 1. The van der Waals surface area contributed by atoms with Crippen LogP contribution < -0.4 is 10.1 Å². The molecule has 0 aliphatic carbocycles. The first-order valence-electron chi connectivity index (χ1n) is 7.71. The van der Waals surface area contributed by atoms with E-state index in [-0.39, 0.29) is 18.1 Å². The van der Waals surface area contributed by atoms with E-state index in [9.17, 15) is 9.18 Å². The molecule has 1 N–H and O–H groups in total. The number of hydrogen-bond acceptors (Lipinski definition) is 4. The number of amides is 1. The smallest absolute Gasteiger partial charge is 0.230 e. The molecule has 0 bridgehead atoms. The third kappa shape index (κ3) is 4.22. The van der Waals surface area contributed by atoms with Gasteiger partial charge in [0.1, 0.15) is 11.6 Å². The number of nitrogens with zero attached hydrogens (tertiary/aromatic N) is 1. The quantitative estimate of drug-likeness (QED) is 0.735. The summed E-state index contributed by atoms with van der Waals surface area (Å²) in [5, 5.41) is 3.36. The van der Waals surface area contributed by atoms with Crippen molar-refractivity contribution in [3.05, 3.63) is 64.8 Å². The van der Waals surface area contributed by atoms with Crippen LogP contribution in [-0.2, 0) is 11.2 Å². The Balaban J connectivity index is 1.69. The summed E-state index contributed by atoms with van der Waals surface area (Å²) in [5.41, 5.74) is 2.47. The predicted molar refractivity (Wildman–Crippen MR) is 97.6 cm³/mol. The molecular weight excluding hydrogens is 339 g/mol. The molecule has 0 spiro atoms. The van der Waals surface area contributed by atoms with Crippen molar-refractivity contribution in [2.45, 2.75) is 13.3 Å². The van der Waals surface area contributed by atoms with Crippen molar-refractivity contribution in [1.82, 2.24) is 4.98 Å². The minimum Gasteiger partial charge on any atom is -0.497 e. The highest BCUT2D eigenvalue weighted by molar-refractivity contribution is 7.16. The zero-order chi connectivity index (χ0) is 17.8. The molecule has 25 heavy (non-hydrogen) atoms. The molecule has 4 nitrogen and oxygen atoms in total. The van der Waals surface area contributed by atoms with Gasteiger partial charge in [-0.2, -0.15) is 0 Å². The minimum absolute atomic E-state index is 0.135. The topological polar surface area (TPSA) is 51.2 Å². The molecule has 3 rings (SSSR count). The van der Waals surface area contributed by atoms with Crippen LogP contribution in [0.1, 0.15) is 10.4 Å². The summed E-state index contributed by atoms with van der Waals surface area (Å²) in [7, 11) is 1.60. The van der Waals surface area contributed by atoms with E-state index in [1.54, 1.807) is 19.2 Å². The van der Waals surface area contributed by atoms with E-state index in [0.29, 0.717) is 5.13 Å². The Hall–Kier alpha value is -2.73. The van der Waals surface area contributed by atoms with Crippen molar-refractivity contribution in [1.29, 1.82) is 0 Å². The van der Waals surface area contributed by atoms with Crippen LogP contribution in [0.3, 0.4) is 0 Å². The number of methoxy groups -OCH3 is 1. The molecule has 6 heteroatoms. The maximum Gasteiger partial charge on any atom is 0.230 e. The van der Waals surface area contributed by atoms with Gasteiger partial charge in [-0.3, -0.25) is 4.79 Å². The fourth-order valence-electron chi connectivity index (χ4n) is 2.42. The summed E-state index contributed by atoms with van der Waals surface area (Å²) in [4.78, 5) is 17.6. The van der Waals surface area contributed by atoms with Crippen LogP contribution in [0.25, 0.3) is 11.3 Å². The Kier molecular flexibility index (Phi) is 5.09. The van der Waals surface area contributed by atoms with E-state index in [4.69, 9.17) is 4.74 Å². The number of anilines is 1. The van der Waals surface area contributed by atoms with Gasteiger partial charge in [0.05, 0.1) is 19.2 Å². The lowest BCUT2D eigenvalue weighted by Crippen LogP contribution is -2.14. The number of aryl methyl sites for hydroxylation is 1. The molecule has 1 heterocycles. The number of carbonyl (C=O) groups excluding carboxylic acids is 1. The molecule has 0 atom stereocenters. The van der Waals surface area contributed by atoms with E-state index >= 15 is 0 Å². The van der Waals surface area contributed by atoms with Crippen LogP contribution in [0, 0.1) is 12.7 Å². The lowest BCUT2D eigenvalue weighted by Gasteiger charge is -2.03. The monoisotopic (exact) mass is 356 g/mol. The number of ether oxygens (including phenoxy) is 1. The second-order valence-electron chi connectivity index (χ2n) is 5.50. The van der Waals surface area contributed by atoms with Gasteiger partial charge in [-0.05, 0) is 48.9 Å². The second kappa shape index (κ2) is 7.44. The van der Waals surface area contributed by atoms with Gasteiger partial charge in [-0.15, -0.1) is 11.3 Å². The van der Waals surface area contributed by atoms with Crippen molar-refractivity contribution < 1.29 is 13.9 Å². The number of thiazole rings is 1. The second-order valence-corrected chi connectivity index (χ2v) is 6.71. The van der Waals surface area contributed by atoms with Gasteiger partial charge in [0.2, 0.25) is 5.91 Å². The SMILES string of the molecule is COc1ccc(CC(=O)Nc2nc(-c3ccc(F)cc3)c(C)s2)cc1. The molecule has 1 aromatic heterocycles. The third-order valence-corrected chi connectivity index (χ3v) is 4.57. The van der Waals surface area contributed by atoms with Gasteiger partial charge < -0.3 is 10.1 Å². The molecule has 1 amide bonds. The molecular formula is C19H17FN2O2S. The van der Waals surface area contributed by atoms with Gasteiger partial charge in [-0.25, -0.2) is 9.37 Å². The van der Waals surface area contributed by atoms with E-state index < -0.39 is 0 Å². The molecule has 128 valence electrons. The molecule has 0 unspecified atom stereocenters. The summed E-state index contributed by atoms with van der Waals surface area (Å²) in [6, 6.07) is 13.5. The van der Waals surface area contributed by atoms with Crippen LogP contribution in [0.5, 0.6) is 5.75 Å². The number of halogens is 1. The first-order valence-corrected chi connectivity index (χ1v) is 8.53. The lowest BCUT2D eigenvalue weighted by molar-refractivity contribution is -0.115. The Morgan fingerprint density at radius 3 is 2.48 bits per heavy atom. The van der Waals surface area contributed by atoms with Gasteiger partial charge in [-0.1, -0.05) is 12.1 Å². The normalized spacial score (nSPS) is 10.5. The number of hydrogen-bond donors (Lipinski definition) is 1. The van der Waals surface area contributed by atoms with Crippen molar-refractivity contribution in [2.24, 2.45) is 0 Å². The predicted octanol–water partition coefficient (Wildman–Crippen LogP) is 4.45. The highest BCUT2D eigenvalue weighted by atomic mass is 32.1. The Bertz CT molecular complexity index is 873. The van der Waals surface area contributed by atoms with Crippen LogP contribution in [0.2, 0.25) is 0 Å². The number of carbonyl (C=O) groups is 1. The first-order chi connectivity index (χ1) is 12.0. The Labute approximate surface area is 149 Å². The third-order valence-electron chi connectivity index (χ3n) is 3.68. The molecule has 0 saturated carbocycles. The average Bonchev–Trinajstić information content (AvgIpc) is 2.96. The van der Waals surface area contributed by atoms with Crippen molar-refractivity contribution >= 4 is 22.4 Å². The van der Waals surface area contributed by atoms with E-state index in [2.05, 4.69) is 10.3 Å². The lowest BCUT2D eigenvalue weighted by atomic mass is 10.1. The average molecular weight is 356 g/mol. The van der Waals surface area contributed by atoms with Crippen molar-refractivity contribution in [2.75, 3.05) is 12.4 Å². The van der Waals surface area contributed by atoms with E-state index in [0.717, 1.165) is 27.4 Å². The summed E-state index contributed by atoms with van der Waals surface area (Å²) in [6.07, 6.45) is 0.258. The Morgan fingerprint density at radius 2 is 1.84 bits per heavy atom. The zero-order valence-corrected chi connectivity index (χ0v) is 14.7. The molecule has 0 aliphatic rings. The van der Waals surface area contributed by atoms with Gasteiger partial charge in [0.25, 0.3) is 0 Å². The molecule has 0 aliphatic heterocycles. The highest BCUT2D eigenvalue weighted by Gasteiger charge is 2.12. The summed E-state index contributed by atoms with van der Waals surface area (Å²) < 4.78 is 18.2. The molecule has 3 aromatic rings. The minimum atomic E-state index is -0.287. The van der Waals surface area contributed by atoms with Gasteiger partial charge in [0.15, 0.2) is 5.13 Å². The maximum atomic E-state index is 13.1.